The normalized spacial score (nSPS) is 13.3. The van der Waals surface area contributed by atoms with E-state index in [0.29, 0.717) is 0 Å². The molecule has 1 aromatic rings. The largest absolute Gasteiger partial charge is 0.478 e. The summed E-state index contributed by atoms with van der Waals surface area (Å²) in [6.45, 7) is 1.39. The number of hydrogen-bond donors (Lipinski definition) is 2. The summed E-state index contributed by atoms with van der Waals surface area (Å²) in [4.78, 5) is 10.7. The standard InChI is InChI=1S/C11H14O5S/c1-8(6-12)7-17(15,16)10-4-2-3-9(5-10)11(13)14/h2-5,8,12H,6-7H2,1H3,(H,13,14). The summed E-state index contributed by atoms with van der Waals surface area (Å²) >= 11 is 0. The van der Waals surface area contributed by atoms with Crippen molar-refractivity contribution in [3.63, 3.8) is 0 Å². The Hall–Kier alpha value is -1.40. The Labute approximate surface area is 99.6 Å². The summed E-state index contributed by atoms with van der Waals surface area (Å²) in [5.41, 5.74) is -0.0669. The van der Waals surface area contributed by atoms with Crippen molar-refractivity contribution < 1.29 is 23.4 Å². The van der Waals surface area contributed by atoms with Gasteiger partial charge in [-0.3, -0.25) is 0 Å². The second-order valence-corrected chi connectivity index (χ2v) is 5.94. The predicted molar refractivity (Wildman–Crippen MR) is 61.7 cm³/mol. The minimum Gasteiger partial charge on any atom is -0.478 e. The van der Waals surface area contributed by atoms with Gasteiger partial charge < -0.3 is 10.2 Å². The van der Waals surface area contributed by atoms with Crippen LogP contribution in [-0.2, 0) is 9.84 Å². The Balaban J connectivity index is 3.07. The monoisotopic (exact) mass is 258 g/mol. The van der Waals surface area contributed by atoms with Crippen molar-refractivity contribution in [1.29, 1.82) is 0 Å². The zero-order valence-electron chi connectivity index (χ0n) is 9.33. The van der Waals surface area contributed by atoms with E-state index < -0.39 is 15.8 Å². The minimum absolute atomic E-state index is 0.0299. The first-order chi connectivity index (χ1) is 7.86. The molecule has 0 heterocycles. The molecular weight excluding hydrogens is 244 g/mol. The number of aliphatic hydroxyl groups excluding tert-OH is 1. The SMILES string of the molecule is CC(CO)CS(=O)(=O)c1cccc(C(=O)O)c1. The van der Waals surface area contributed by atoms with Crippen LogP contribution in [0.5, 0.6) is 0 Å². The zero-order chi connectivity index (χ0) is 13.1. The summed E-state index contributed by atoms with van der Waals surface area (Å²) in [7, 11) is -3.55. The maximum atomic E-state index is 11.9. The Bertz CT molecular complexity index is 506. The number of aromatic carboxylic acids is 1. The van der Waals surface area contributed by atoms with Gasteiger partial charge >= 0.3 is 5.97 Å². The number of carboxylic acids is 1. The van der Waals surface area contributed by atoms with Gasteiger partial charge in [0.1, 0.15) is 0 Å². The van der Waals surface area contributed by atoms with Gasteiger partial charge in [-0.15, -0.1) is 0 Å². The topological polar surface area (TPSA) is 91.7 Å². The van der Waals surface area contributed by atoms with E-state index in [-0.39, 0.29) is 28.7 Å². The molecule has 0 aliphatic carbocycles. The van der Waals surface area contributed by atoms with Crippen LogP contribution >= 0.6 is 0 Å². The summed E-state index contributed by atoms with van der Waals surface area (Å²) < 4.78 is 23.7. The average Bonchev–Trinajstić information content (AvgIpc) is 2.28. The number of aliphatic hydroxyl groups is 1. The van der Waals surface area contributed by atoms with Crippen molar-refractivity contribution in [2.75, 3.05) is 12.4 Å². The third kappa shape index (κ3) is 3.54. The number of sulfone groups is 1. The molecule has 0 spiro atoms. The first-order valence-corrected chi connectivity index (χ1v) is 6.69. The second-order valence-electron chi connectivity index (χ2n) is 3.90. The van der Waals surface area contributed by atoms with Gasteiger partial charge in [-0.2, -0.15) is 0 Å². The van der Waals surface area contributed by atoms with Crippen molar-refractivity contribution in [2.24, 2.45) is 5.92 Å². The average molecular weight is 258 g/mol. The van der Waals surface area contributed by atoms with Crippen LogP contribution in [0, 0.1) is 5.92 Å². The molecule has 1 atom stereocenters. The summed E-state index contributed by atoms with van der Waals surface area (Å²) in [5.74, 6) is -1.75. The predicted octanol–water partition coefficient (Wildman–Crippen LogP) is 0.787. The van der Waals surface area contributed by atoms with Crippen molar-refractivity contribution in [1.82, 2.24) is 0 Å². The fourth-order valence-electron chi connectivity index (χ4n) is 1.35. The van der Waals surface area contributed by atoms with Crippen LogP contribution in [0.2, 0.25) is 0 Å². The van der Waals surface area contributed by atoms with Gasteiger partial charge in [0.15, 0.2) is 9.84 Å². The van der Waals surface area contributed by atoms with E-state index in [1.807, 2.05) is 0 Å². The van der Waals surface area contributed by atoms with Gasteiger partial charge in [0.05, 0.1) is 16.2 Å². The lowest BCUT2D eigenvalue weighted by Crippen LogP contribution is -2.17. The third-order valence-electron chi connectivity index (χ3n) is 2.26. The van der Waals surface area contributed by atoms with E-state index in [0.717, 1.165) is 6.07 Å². The van der Waals surface area contributed by atoms with Gasteiger partial charge in [0.25, 0.3) is 0 Å². The van der Waals surface area contributed by atoms with Gasteiger partial charge in [-0.1, -0.05) is 13.0 Å². The highest BCUT2D eigenvalue weighted by Crippen LogP contribution is 2.16. The van der Waals surface area contributed by atoms with Crippen LogP contribution in [0.4, 0.5) is 0 Å². The molecule has 0 aliphatic rings. The fraction of sp³-hybridized carbons (Fsp3) is 0.364. The molecule has 17 heavy (non-hydrogen) atoms. The van der Waals surface area contributed by atoms with Crippen LogP contribution < -0.4 is 0 Å². The van der Waals surface area contributed by atoms with Gasteiger partial charge in [0.2, 0.25) is 0 Å². The summed E-state index contributed by atoms with van der Waals surface area (Å²) in [5, 5.41) is 17.6. The number of hydrogen-bond acceptors (Lipinski definition) is 4. The number of carbonyl (C=O) groups is 1. The summed E-state index contributed by atoms with van der Waals surface area (Å²) in [6.07, 6.45) is 0. The Kier molecular flexibility index (Phi) is 4.25. The van der Waals surface area contributed by atoms with Crippen molar-refractivity contribution in [3.8, 4) is 0 Å². The van der Waals surface area contributed by atoms with Crippen LogP contribution in [0.1, 0.15) is 17.3 Å². The van der Waals surface area contributed by atoms with Gasteiger partial charge in [0, 0.05) is 6.61 Å². The lowest BCUT2D eigenvalue weighted by molar-refractivity contribution is 0.0696. The van der Waals surface area contributed by atoms with E-state index >= 15 is 0 Å². The highest BCUT2D eigenvalue weighted by molar-refractivity contribution is 7.91. The maximum absolute atomic E-state index is 11.9. The Morgan fingerprint density at radius 3 is 2.59 bits per heavy atom. The van der Waals surface area contributed by atoms with Crippen LogP contribution in [-0.4, -0.2) is 37.0 Å². The van der Waals surface area contributed by atoms with Crippen molar-refractivity contribution in [2.45, 2.75) is 11.8 Å². The van der Waals surface area contributed by atoms with Gasteiger partial charge in [-0.05, 0) is 24.1 Å². The molecule has 5 nitrogen and oxygen atoms in total. The van der Waals surface area contributed by atoms with E-state index in [4.69, 9.17) is 10.2 Å². The first kappa shape index (κ1) is 13.7. The second kappa shape index (κ2) is 5.29. The molecule has 1 aromatic carbocycles. The molecule has 0 aromatic heterocycles. The molecule has 0 fully saturated rings. The quantitative estimate of drug-likeness (QED) is 0.814. The van der Waals surface area contributed by atoms with E-state index in [1.54, 1.807) is 6.92 Å². The number of rotatable bonds is 5. The van der Waals surface area contributed by atoms with Crippen molar-refractivity contribution >= 4 is 15.8 Å². The molecule has 0 radical (unpaired) electrons. The minimum atomic E-state index is -3.55. The molecular formula is C11H14O5S. The Morgan fingerprint density at radius 1 is 1.41 bits per heavy atom. The molecule has 0 amide bonds. The lowest BCUT2D eigenvalue weighted by atomic mass is 10.2. The third-order valence-corrected chi connectivity index (χ3v) is 4.24. The Morgan fingerprint density at radius 2 is 2.06 bits per heavy atom. The smallest absolute Gasteiger partial charge is 0.335 e. The van der Waals surface area contributed by atoms with Crippen molar-refractivity contribution in [3.05, 3.63) is 29.8 Å². The highest BCUT2D eigenvalue weighted by atomic mass is 32.2. The molecule has 1 rings (SSSR count). The van der Waals surface area contributed by atoms with Crippen LogP contribution in [0.15, 0.2) is 29.2 Å². The highest BCUT2D eigenvalue weighted by Gasteiger charge is 2.19. The number of benzene rings is 1. The lowest BCUT2D eigenvalue weighted by Gasteiger charge is -2.09. The van der Waals surface area contributed by atoms with E-state index in [1.165, 1.54) is 18.2 Å². The molecule has 0 saturated heterocycles. The molecule has 0 saturated carbocycles. The fourth-order valence-corrected chi connectivity index (χ4v) is 2.99. The van der Waals surface area contributed by atoms with Crippen LogP contribution in [0.3, 0.4) is 0 Å². The molecule has 94 valence electrons. The molecule has 6 heteroatoms. The number of carboxylic acid groups (broad SMARTS) is 1. The summed E-state index contributed by atoms with van der Waals surface area (Å²) in [6, 6.07) is 5.20. The zero-order valence-corrected chi connectivity index (χ0v) is 10.1. The first-order valence-electron chi connectivity index (χ1n) is 5.04. The molecule has 1 unspecified atom stereocenters. The van der Waals surface area contributed by atoms with E-state index in [9.17, 15) is 13.2 Å². The maximum Gasteiger partial charge on any atom is 0.335 e. The molecule has 0 aliphatic heterocycles. The van der Waals surface area contributed by atoms with Gasteiger partial charge in [-0.25, -0.2) is 13.2 Å². The van der Waals surface area contributed by atoms with Crippen LogP contribution in [0.25, 0.3) is 0 Å². The molecule has 0 bridgehead atoms. The van der Waals surface area contributed by atoms with E-state index in [2.05, 4.69) is 0 Å². The molecule has 2 N–H and O–H groups in total.